The van der Waals surface area contributed by atoms with Crippen molar-refractivity contribution in [1.29, 1.82) is 0 Å². The molecule has 128 valence electrons. The number of aliphatic carboxylic acids is 1. The molecule has 1 heterocycles. The molecule has 24 heavy (non-hydrogen) atoms. The summed E-state index contributed by atoms with van der Waals surface area (Å²) in [6, 6.07) is 5.49. The van der Waals surface area contributed by atoms with Crippen LogP contribution in [0.25, 0.3) is 0 Å². The summed E-state index contributed by atoms with van der Waals surface area (Å²) < 4.78 is 0. The molecule has 2 fully saturated rings. The second-order valence-electron chi connectivity index (χ2n) is 6.73. The minimum atomic E-state index is -0.963. The van der Waals surface area contributed by atoms with Crippen LogP contribution in [-0.4, -0.2) is 29.4 Å². The molecule has 0 aromatic heterocycles. The van der Waals surface area contributed by atoms with Crippen LogP contribution >= 0.6 is 0 Å². The SMILES string of the molecule is Cc1ccc(NC(=O)C2CCCC2)c(N2C[C@H](C(=O)O)CC2=O)c1. The van der Waals surface area contributed by atoms with E-state index >= 15 is 0 Å². The Labute approximate surface area is 140 Å². The van der Waals surface area contributed by atoms with Crippen LogP contribution < -0.4 is 10.2 Å². The molecule has 0 radical (unpaired) electrons. The van der Waals surface area contributed by atoms with Gasteiger partial charge in [0.05, 0.1) is 17.3 Å². The number of hydrogen-bond acceptors (Lipinski definition) is 3. The second-order valence-corrected chi connectivity index (χ2v) is 6.73. The number of hydrogen-bond donors (Lipinski definition) is 2. The Balaban J connectivity index is 1.84. The molecule has 6 heteroatoms. The first-order valence-corrected chi connectivity index (χ1v) is 8.40. The minimum Gasteiger partial charge on any atom is -0.481 e. The number of carboxylic acids is 1. The van der Waals surface area contributed by atoms with Crippen LogP contribution in [0.3, 0.4) is 0 Å². The number of carbonyl (C=O) groups is 3. The number of anilines is 2. The van der Waals surface area contributed by atoms with E-state index in [-0.39, 0.29) is 30.7 Å². The van der Waals surface area contributed by atoms with Crippen molar-refractivity contribution in [3.8, 4) is 0 Å². The topological polar surface area (TPSA) is 86.7 Å². The van der Waals surface area contributed by atoms with Gasteiger partial charge >= 0.3 is 5.97 Å². The quantitative estimate of drug-likeness (QED) is 0.888. The Hall–Kier alpha value is -2.37. The van der Waals surface area contributed by atoms with E-state index in [2.05, 4.69) is 5.32 Å². The van der Waals surface area contributed by atoms with Gasteiger partial charge in [-0.2, -0.15) is 0 Å². The molecule has 0 unspecified atom stereocenters. The Bertz CT molecular complexity index is 680. The number of carboxylic acid groups (broad SMARTS) is 1. The predicted octanol–water partition coefficient (Wildman–Crippen LogP) is 2.56. The molecule has 1 aliphatic carbocycles. The fraction of sp³-hybridized carbons (Fsp3) is 0.500. The lowest BCUT2D eigenvalue weighted by molar-refractivity contribution is -0.141. The smallest absolute Gasteiger partial charge is 0.308 e. The minimum absolute atomic E-state index is 0.000708. The molecule has 2 amide bonds. The van der Waals surface area contributed by atoms with E-state index in [1.54, 1.807) is 6.07 Å². The number of nitrogens with one attached hydrogen (secondary N) is 1. The maximum atomic E-state index is 12.4. The Morgan fingerprint density at radius 3 is 2.54 bits per heavy atom. The molecule has 6 nitrogen and oxygen atoms in total. The fourth-order valence-corrected chi connectivity index (χ4v) is 3.50. The van der Waals surface area contributed by atoms with E-state index in [1.807, 2.05) is 19.1 Å². The second kappa shape index (κ2) is 6.63. The van der Waals surface area contributed by atoms with Gasteiger partial charge in [-0.1, -0.05) is 18.9 Å². The maximum absolute atomic E-state index is 12.4. The van der Waals surface area contributed by atoms with Crippen molar-refractivity contribution in [2.45, 2.75) is 39.0 Å². The van der Waals surface area contributed by atoms with E-state index in [4.69, 9.17) is 5.11 Å². The van der Waals surface area contributed by atoms with Crippen molar-refractivity contribution < 1.29 is 19.5 Å². The van der Waals surface area contributed by atoms with Gasteiger partial charge in [-0.3, -0.25) is 14.4 Å². The number of rotatable bonds is 4. The van der Waals surface area contributed by atoms with E-state index in [0.717, 1.165) is 31.2 Å². The van der Waals surface area contributed by atoms with Gasteiger partial charge in [0.1, 0.15) is 0 Å². The lowest BCUT2D eigenvalue weighted by atomic mass is 10.1. The van der Waals surface area contributed by atoms with Gasteiger partial charge in [-0.15, -0.1) is 0 Å². The molecule has 2 aliphatic rings. The summed E-state index contributed by atoms with van der Waals surface area (Å²) in [5.74, 6) is -1.87. The number of carbonyl (C=O) groups excluding carboxylic acids is 2. The van der Waals surface area contributed by atoms with Crippen molar-refractivity contribution >= 4 is 29.2 Å². The predicted molar refractivity (Wildman–Crippen MR) is 89.9 cm³/mol. The molecule has 2 N–H and O–H groups in total. The first kappa shape index (κ1) is 16.5. The van der Waals surface area contributed by atoms with Crippen LogP contribution in [0.1, 0.15) is 37.7 Å². The van der Waals surface area contributed by atoms with Gasteiger partial charge in [-0.05, 0) is 37.5 Å². The zero-order valence-corrected chi connectivity index (χ0v) is 13.7. The summed E-state index contributed by atoms with van der Waals surface area (Å²) in [7, 11) is 0. The zero-order valence-electron chi connectivity index (χ0n) is 13.7. The third-order valence-electron chi connectivity index (χ3n) is 4.90. The van der Waals surface area contributed by atoms with Crippen LogP contribution in [0.4, 0.5) is 11.4 Å². The van der Waals surface area contributed by atoms with Crippen molar-refractivity contribution in [3.05, 3.63) is 23.8 Å². The first-order chi connectivity index (χ1) is 11.5. The highest BCUT2D eigenvalue weighted by Crippen LogP contribution is 2.34. The van der Waals surface area contributed by atoms with E-state index in [9.17, 15) is 14.4 Å². The lowest BCUT2D eigenvalue weighted by Crippen LogP contribution is -2.28. The average molecular weight is 330 g/mol. The maximum Gasteiger partial charge on any atom is 0.308 e. The standard InChI is InChI=1S/C18H22N2O4/c1-11-6-7-14(19-17(22)12-4-2-3-5-12)15(8-11)20-10-13(18(23)24)9-16(20)21/h6-8,12-13H,2-5,9-10H2,1H3,(H,19,22)(H,23,24)/t13-/m1/s1. The van der Waals surface area contributed by atoms with Crippen molar-refractivity contribution in [2.75, 3.05) is 16.8 Å². The molecule has 1 aliphatic heterocycles. The highest BCUT2D eigenvalue weighted by Gasteiger charge is 2.36. The normalized spacial score (nSPS) is 21.3. The summed E-state index contributed by atoms with van der Waals surface area (Å²) >= 11 is 0. The fourth-order valence-electron chi connectivity index (χ4n) is 3.50. The molecule has 1 atom stereocenters. The molecule has 3 rings (SSSR count). The van der Waals surface area contributed by atoms with Crippen molar-refractivity contribution in [1.82, 2.24) is 0 Å². The van der Waals surface area contributed by atoms with Crippen molar-refractivity contribution in [2.24, 2.45) is 11.8 Å². The van der Waals surface area contributed by atoms with Crippen LogP contribution in [0.15, 0.2) is 18.2 Å². The van der Waals surface area contributed by atoms with Crippen LogP contribution in [0.2, 0.25) is 0 Å². The van der Waals surface area contributed by atoms with E-state index in [0.29, 0.717) is 11.4 Å². The Kier molecular flexibility index (Phi) is 4.55. The molecular formula is C18H22N2O4. The largest absolute Gasteiger partial charge is 0.481 e. The molecule has 1 aromatic rings. The Morgan fingerprint density at radius 1 is 1.21 bits per heavy atom. The van der Waals surface area contributed by atoms with Gasteiger partial charge in [0.2, 0.25) is 11.8 Å². The van der Waals surface area contributed by atoms with Gasteiger partial charge in [0.15, 0.2) is 0 Å². The van der Waals surface area contributed by atoms with Crippen LogP contribution in [-0.2, 0) is 14.4 Å². The highest BCUT2D eigenvalue weighted by molar-refractivity contribution is 6.04. The molecular weight excluding hydrogens is 308 g/mol. The summed E-state index contributed by atoms with van der Waals surface area (Å²) in [5, 5.41) is 12.1. The average Bonchev–Trinajstić information content (AvgIpc) is 3.18. The summed E-state index contributed by atoms with van der Waals surface area (Å²) in [4.78, 5) is 37.3. The van der Waals surface area contributed by atoms with Gasteiger partial charge < -0.3 is 15.3 Å². The van der Waals surface area contributed by atoms with Crippen molar-refractivity contribution in [3.63, 3.8) is 0 Å². The number of aryl methyl sites for hydroxylation is 1. The summed E-state index contributed by atoms with van der Waals surface area (Å²) in [6.45, 7) is 2.05. The lowest BCUT2D eigenvalue weighted by Gasteiger charge is -2.22. The van der Waals surface area contributed by atoms with Crippen LogP contribution in [0.5, 0.6) is 0 Å². The zero-order chi connectivity index (χ0) is 17.3. The van der Waals surface area contributed by atoms with E-state index in [1.165, 1.54) is 4.90 Å². The number of nitrogens with zero attached hydrogens (tertiary/aromatic N) is 1. The van der Waals surface area contributed by atoms with E-state index < -0.39 is 11.9 Å². The van der Waals surface area contributed by atoms with Gasteiger partial charge in [0, 0.05) is 18.9 Å². The Morgan fingerprint density at radius 2 is 1.92 bits per heavy atom. The highest BCUT2D eigenvalue weighted by atomic mass is 16.4. The number of benzene rings is 1. The first-order valence-electron chi connectivity index (χ1n) is 8.40. The summed E-state index contributed by atoms with van der Waals surface area (Å²) in [6.07, 6.45) is 3.94. The molecule has 1 saturated carbocycles. The third-order valence-corrected chi connectivity index (χ3v) is 4.90. The summed E-state index contributed by atoms with van der Waals surface area (Å²) in [5.41, 5.74) is 2.13. The van der Waals surface area contributed by atoms with Gasteiger partial charge in [-0.25, -0.2) is 0 Å². The molecule has 0 spiro atoms. The number of amides is 2. The van der Waals surface area contributed by atoms with Gasteiger partial charge in [0.25, 0.3) is 0 Å². The molecule has 0 bridgehead atoms. The molecule has 1 aromatic carbocycles. The molecule has 1 saturated heterocycles. The third kappa shape index (κ3) is 3.27. The monoisotopic (exact) mass is 330 g/mol. The van der Waals surface area contributed by atoms with Crippen LogP contribution in [0, 0.1) is 18.8 Å².